The van der Waals surface area contributed by atoms with E-state index in [4.69, 9.17) is 5.73 Å². The topological polar surface area (TPSA) is 131 Å². The van der Waals surface area contributed by atoms with Crippen molar-refractivity contribution in [1.29, 1.82) is 0 Å². The third-order valence-electron chi connectivity index (χ3n) is 6.77. The summed E-state index contributed by atoms with van der Waals surface area (Å²) in [4.78, 5) is 49.8. The van der Waals surface area contributed by atoms with Gasteiger partial charge < -0.3 is 15.7 Å². The SMILES string of the molecule is Cc1nc2cc(C(=O)O)ccc2c(=O)n1C1N=Cc2cc(N)cc3c2N(C1=O)C(c1ccccc1)C3. The van der Waals surface area contributed by atoms with Crippen LogP contribution in [-0.2, 0) is 11.2 Å². The van der Waals surface area contributed by atoms with E-state index in [0.717, 1.165) is 16.8 Å². The minimum absolute atomic E-state index is 0.0263. The van der Waals surface area contributed by atoms with Crippen LogP contribution in [0.25, 0.3) is 10.9 Å². The van der Waals surface area contributed by atoms with Gasteiger partial charge in [0.05, 0.1) is 28.2 Å². The highest BCUT2D eigenvalue weighted by Gasteiger charge is 2.42. The Kier molecular flexibility index (Phi) is 4.75. The molecule has 9 heteroatoms. The molecule has 0 aliphatic carbocycles. The number of hydrogen-bond acceptors (Lipinski definition) is 6. The Morgan fingerprint density at radius 3 is 2.61 bits per heavy atom. The molecule has 9 nitrogen and oxygen atoms in total. The highest BCUT2D eigenvalue weighted by atomic mass is 16.4. The number of benzene rings is 3. The van der Waals surface area contributed by atoms with Crippen LogP contribution in [0.3, 0.4) is 0 Å². The summed E-state index contributed by atoms with van der Waals surface area (Å²) in [5.41, 5.74) is 9.92. The second-order valence-corrected chi connectivity index (χ2v) is 8.98. The molecular formula is C27H21N5O4. The standard InChI is InChI=1S/C27H21N5O4/c1-14-30-21-11-16(27(35)36)7-8-20(21)25(33)31(14)24-26(34)32-22(15-5-3-2-4-6-15)12-17-9-19(28)10-18(13-29-24)23(17)32/h2-11,13,22,24H,12,28H2,1H3,(H,35,36). The number of fused-ring (bicyclic) bond motifs is 1. The molecule has 4 aromatic rings. The van der Waals surface area contributed by atoms with E-state index in [2.05, 4.69) is 9.98 Å². The maximum absolute atomic E-state index is 14.1. The number of anilines is 2. The van der Waals surface area contributed by atoms with E-state index in [1.165, 1.54) is 22.8 Å². The first-order chi connectivity index (χ1) is 17.3. The molecule has 3 N–H and O–H groups in total. The number of rotatable bonds is 3. The molecule has 2 atom stereocenters. The fraction of sp³-hybridized carbons (Fsp3) is 0.148. The highest BCUT2D eigenvalue weighted by molar-refractivity contribution is 6.07. The van der Waals surface area contributed by atoms with E-state index in [1.54, 1.807) is 24.1 Å². The van der Waals surface area contributed by atoms with Gasteiger partial charge in [-0.05, 0) is 54.8 Å². The van der Waals surface area contributed by atoms with Crippen LogP contribution < -0.4 is 16.2 Å². The summed E-state index contributed by atoms with van der Waals surface area (Å²) in [7, 11) is 0. The van der Waals surface area contributed by atoms with Crippen molar-refractivity contribution in [2.24, 2.45) is 4.99 Å². The summed E-state index contributed by atoms with van der Waals surface area (Å²) in [6, 6.07) is 17.2. The molecule has 3 heterocycles. The van der Waals surface area contributed by atoms with Crippen molar-refractivity contribution in [3.05, 3.63) is 99.1 Å². The van der Waals surface area contributed by atoms with Gasteiger partial charge >= 0.3 is 5.97 Å². The number of aliphatic imine (C=N–C) groups is 1. The molecule has 1 amide bonds. The number of carboxylic acid groups (broad SMARTS) is 1. The number of nitrogens with two attached hydrogens (primary N) is 1. The number of amides is 1. The van der Waals surface area contributed by atoms with Crippen molar-refractivity contribution in [3.8, 4) is 0 Å². The summed E-state index contributed by atoms with van der Waals surface area (Å²) in [5, 5.41) is 9.51. The smallest absolute Gasteiger partial charge is 0.335 e. The number of aryl methyl sites for hydroxylation is 1. The number of nitrogen functional groups attached to an aromatic ring is 1. The summed E-state index contributed by atoms with van der Waals surface area (Å²) < 4.78 is 1.27. The van der Waals surface area contributed by atoms with E-state index in [1.807, 2.05) is 36.4 Å². The Balaban J connectivity index is 1.54. The van der Waals surface area contributed by atoms with Gasteiger partial charge in [0.25, 0.3) is 11.5 Å². The molecule has 2 aliphatic rings. The predicted molar refractivity (Wildman–Crippen MR) is 136 cm³/mol. The van der Waals surface area contributed by atoms with Crippen LogP contribution >= 0.6 is 0 Å². The van der Waals surface area contributed by atoms with Crippen molar-refractivity contribution in [1.82, 2.24) is 9.55 Å². The Bertz CT molecular complexity index is 1680. The maximum Gasteiger partial charge on any atom is 0.335 e. The van der Waals surface area contributed by atoms with Crippen LogP contribution in [0.4, 0.5) is 11.4 Å². The van der Waals surface area contributed by atoms with Gasteiger partial charge in [-0.15, -0.1) is 0 Å². The third-order valence-corrected chi connectivity index (χ3v) is 6.77. The van der Waals surface area contributed by atoms with E-state index in [0.29, 0.717) is 17.7 Å². The quantitative estimate of drug-likeness (QED) is 0.434. The molecule has 36 heavy (non-hydrogen) atoms. The summed E-state index contributed by atoms with van der Waals surface area (Å²) in [5.74, 6) is -1.21. The molecule has 0 bridgehead atoms. The number of aromatic carboxylic acids is 1. The minimum atomic E-state index is -1.18. The Morgan fingerprint density at radius 2 is 1.86 bits per heavy atom. The largest absolute Gasteiger partial charge is 0.478 e. The van der Waals surface area contributed by atoms with Gasteiger partial charge in [-0.25, -0.2) is 9.78 Å². The molecule has 0 spiro atoms. The molecular weight excluding hydrogens is 458 g/mol. The maximum atomic E-state index is 14.1. The van der Waals surface area contributed by atoms with Crippen LogP contribution in [-0.4, -0.2) is 32.7 Å². The second kappa shape index (κ2) is 7.88. The van der Waals surface area contributed by atoms with E-state index < -0.39 is 17.7 Å². The fourth-order valence-electron chi connectivity index (χ4n) is 5.20. The van der Waals surface area contributed by atoms with Gasteiger partial charge in [0.1, 0.15) is 5.82 Å². The fourth-order valence-corrected chi connectivity index (χ4v) is 5.20. The minimum Gasteiger partial charge on any atom is -0.478 e. The summed E-state index contributed by atoms with van der Waals surface area (Å²) in [6.07, 6.45) is 1.000. The van der Waals surface area contributed by atoms with Gasteiger partial charge in [0.2, 0.25) is 6.17 Å². The molecule has 6 rings (SSSR count). The van der Waals surface area contributed by atoms with Crippen LogP contribution in [0.1, 0.15) is 45.1 Å². The average Bonchev–Trinajstić information content (AvgIpc) is 3.18. The molecule has 0 saturated carbocycles. The van der Waals surface area contributed by atoms with Crippen molar-refractivity contribution >= 4 is 40.4 Å². The van der Waals surface area contributed by atoms with E-state index in [-0.39, 0.29) is 34.2 Å². The van der Waals surface area contributed by atoms with Crippen LogP contribution in [0.5, 0.6) is 0 Å². The lowest BCUT2D eigenvalue weighted by Gasteiger charge is -2.29. The number of hydrogen-bond donors (Lipinski definition) is 2. The normalized spacial score (nSPS) is 18.4. The van der Waals surface area contributed by atoms with Gasteiger partial charge in [-0.2, -0.15) is 0 Å². The van der Waals surface area contributed by atoms with E-state index in [9.17, 15) is 19.5 Å². The first-order valence-corrected chi connectivity index (χ1v) is 11.4. The van der Waals surface area contributed by atoms with Gasteiger partial charge in [0, 0.05) is 17.5 Å². The zero-order valence-electron chi connectivity index (χ0n) is 19.3. The highest BCUT2D eigenvalue weighted by Crippen LogP contribution is 2.45. The molecule has 1 aromatic heterocycles. The first-order valence-electron chi connectivity index (χ1n) is 11.4. The first kappa shape index (κ1) is 21.7. The molecule has 0 radical (unpaired) electrons. The molecule has 2 unspecified atom stereocenters. The van der Waals surface area contributed by atoms with Crippen molar-refractivity contribution in [2.75, 3.05) is 10.6 Å². The molecule has 178 valence electrons. The predicted octanol–water partition coefficient (Wildman–Crippen LogP) is 3.25. The van der Waals surface area contributed by atoms with Gasteiger partial charge in [-0.3, -0.25) is 19.1 Å². The zero-order chi connectivity index (χ0) is 25.1. The second-order valence-electron chi connectivity index (χ2n) is 8.98. The Morgan fingerprint density at radius 1 is 1.08 bits per heavy atom. The van der Waals surface area contributed by atoms with E-state index >= 15 is 0 Å². The number of aromatic nitrogens is 2. The summed E-state index contributed by atoms with van der Waals surface area (Å²) >= 11 is 0. The molecule has 2 aliphatic heterocycles. The molecule has 0 saturated heterocycles. The number of carbonyl (C=O) groups excluding carboxylic acids is 1. The summed E-state index contributed by atoms with van der Waals surface area (Å²) in [6.45, 7) is 1.61. The Labute approximate surface area is 205 Å². The van der Waals surface area contributed by atoms with Crippen molar-refractivity contribution < 1.29 is 14.7 Å². The lowest BCUT2D eigenvalue weighted by molar-refractivity contribution is -0.122. The lowest BCUT2D eigenvalue weighted by Crippen LogP contribution is -2.41. The van der Waals surface area contributed by atoms with Crippen LogP contribution in [0.2, 0.25) is 0 Å². The number of carboxylic acids is 1. The van der Waals surface area contributed by atoms with Gasteiger partial charge in [-0.1, -0.05) is 30.3 Å². The van der Waals surface area contributed by atoms with Crippen molar-refractivity contribution in [2.45, 2.75) is 25.6 Å². The van der Waals surface area contributed by atoms with Gasteiger partial charge in [0.15, 0.2) is 0 Å². The van der Waals surface area contributed by atoms with Crippen LogP contribution in [0, 0.1) is 6.92 Å². The number of nitrogens with zero attached hydrogens (tertiary/aromatic N) is 4. The average molecular weight is 479 g/mol. The third kappa shape index (κ3) is 3.20. The number of carbonyl (C=O) groups is 2. The molecule has 3 aromatic carbocycles. The molecule has 0 fully saturated rings. The van der Waals surface area contributed by atoms with Crippen molar-refractivity contribution in [3.63, 3.8) is 0 Å². The lowest BCUT2D eigenvalue weighted by atomic mass is 10.0. The monoisotopic (exact) mass is 479 g/mol. The van der Waals surface area contributed by atoms with Crippen LogP contribution in [0.15, 0.2) is 70.5 Å². The Hall–Kier alpha value is -4.79. The zero-order valence-corrected chi connectivity index (χ0v) is 19.3.